The van der Waals surface area contributed by atoms with Gasteiger partial charge >= 0.3 is 0 Å². The fourth-order valence-electron chi connectivity index (χ4n) is 2.16. The van der Waals surface area contributed by atoms with E-state index >= 15 is 0 Å². The van der Waals surface area contributed by atoms with Gasteiger partial charge in [-0.25, -0.2) is 4.98 Å². The maximum Gasteiger partial charge on any atom is 0.273 e. The Hall–Kier alpha value is -1.10. The van der Waals surface area contributed by atoms with Crippen LogP contribution in [0.25, 0.3) is 0 Å². The summed E-state index contributed by atoms with van der Waals surface area (Å²) in [5.74, 6) is 0.971. The second kappa shape index (κ2) is 4.64. The fraction of sp³-hybridized carbons (Fsp3) is 0.667. The molecule has 2 heterocycles. The first-order chi connectivity index (χ1) is 8.31. The topological polar surface area (TPSA) is 42.4 Å². The molecule has 1 amide bonds. The van der Waals surface area contributed by atoms with E-state index in [0.29, 0.717) is 17.0 Å². The van der Waals surface area contributed by atoms with Crippen LogP contribution >= 0.6 is 11.3 Å². The van der Waals surface area contributed by atoms with E-state index in [1.165, 1.54) is 24.2 Å². The molecule has 1 aromatic heterocycles. The molecule has 3 rings (SSSR count). The molecule has 0 N–H and O–H groups in total. The Morgan fingerprint density at radius 2 is 2.41 bits per heavy atom. The van der Waals surface area contributed by atoms with Crippen LogP contribution in [-0.4, -0.2) is 35.0 Å². The zero-order valence-corrected chi connectivity index (χ0v) is 10.5. The van der Waals surface area contributed by atoms with Gasteiger partial charge in [0.1, 0.15) is 6.10 Å². The minimum atomic E-state index is 0.129. The van der Waals surface area contributed by atoms with E-state index in [9.17, 15) is 4.79 Å². The quantitative estimate of drug-likeness (QED) is 0.822. The number of nitrogens with zero attached hydrogens (tertiary/aromatic N) is 2. The van der Waals surface area contributed by atoms with Gasteiger partial charge in [-0.3, -0.25) is 4.79 Å². The van der Waals surface area contributed by atoms with Crippen molar-refractivity contribution in [2.75, 3.05) is 13.1 Å². The summed E-state index contributed by atoms with van der Waals surface area (Å²) in [5, 5.41) is 2.62. The van der Waals surface area contributed by atoms with E-state index < -0.39 is 0 Å². The first-order valence-corrected chi connectivity index (χ1v) is 7.03. The molecular formula is C12H16N2O2S. The molecule has 0 bridgehead atoms. The molecule has 1 aliphatic carbocycles. The maximum atomic E-state index is 11.9. The summed E-state index contributed by atoms with van der Waals surface area (Å²) in [6, 6.07) is 0. The van der Waals surface area contributed by atoms with Crippen LogP contribution < -0.4 is 4.74 Å². The summed E-state index contributed by atoms with van der Waals surface area (Å²) in [5.41, 5.74) is 0. The minimum Gasteiger partial charge on any atom is -0.465 e. The first-order valence-electron chi connectivity index (χ1n) is 6.15. The van der Waals surface area contributed by atoms with Crippen LogP contribution in [0.5, 0.6) is 5.19 Å². The second-order valence-corrected chi connectivity index (χ2v) is 5.67. The van der Waals surface area contributed by atoms with Crippen LogP contribution in [0.15, 0.2) is 11.6 Å². The van der Waals surface area contributed by atoms with E-state index in [2.05, 4.69) is 4.98 Å². The zero-order valence-electron chi connectivity index (χ0n) is 9.67. The summed E-state index contributed by atoms with van der Waals surface area (Å²) < 4.78 is 5.73. The molecule has 1 saturated heterocycles. The van der Waals surface area contributed by atoms with Crippen molar-refractivity contribution in [3.05, 3.63) is 11.6 Å². The lowest BCUT2D eigenvalue weighted by Crippen LogP contribution is -2.31. The summed E-state index contributed by atoms with van der Waals surface area (Å²) in [4.78, 5) is 17.9. The molecule has 1 unspecified atom stereocenters. The Kier molecular flexibility index (Phi) is 3.01. The number of amides is 1. The lowest BCUT2D eigenvalue weighted by atomic mass is 10.2. The predicted octanol–water partition coefficient (Wildman–Crippen LogP) is 1.92. The highest BCUT2D eigenvalue weighted by Crippen LogP contribution is 2.33. The number of ether oxygens (including phenoxy) is 1. The lowest BCUT2D eigenvalue weighted by Gasteiger charge is -2.16. The number of aromatic nitrogens is 1. The Morgan fingerprint density at radius 3 is 3.12 bits per heavy atom. The van der Waals surface area contributed by atoms with Crippen molar-refractivity contribution in [2.24, 2.45) is 5.92 Å². The number of carbonyl (C=O) groups excluding carboxylic acids is 1. The van der Waals surface area contributed by atoms with Gasteiger partial charge in [0.25, 0.3) is 5.19 Å². The predicted molar refractivity (Wildman–Crippen MR) is 65.1 cm³/mol. The van der Waals surface area contributed by atoms with Gasteiger partial charge in [0.05, 0.1) is 6.54 Å². The maximum absolute atomic E-state index is 11.9. The van der Waals surface area contributed by atoms with Crippen molar-refractivity contribution in [2.45, 2.75) is 31.8 Å². The highest BCUT2D eigenvalue weighted by atomic mass is 32.1. The third-order valence-electron chi connectivity index (χ3n) is 3.34. The second-order valence-electron chi connectivity index (χ2n) is 4.81. The van der Waals surface area contributed by atoms with Crippen LogP contribution in [0.3, 0.4) is 0 Å². The van der Waals surface area contributed by atoms with Crippen molar-refractivity contribution >= 4 is 17.2 Å². The molecule has 1 aliphatic heterocycles. The Bertz CT molecular complexity index is 389. The van der Waals surface area contributed by atoms with Gasteiger partial charge in [0.15, 0.2) is 0 Å². The van der Waals surface area contributed by atoms with Crippen LogP contribution in [0.4, 0.5) is 0 Å². The Morgan fingerprint density at radius 1 is 1.53 bits per heavy atom. The molecule has 4 nitrogen and oxygen atoms in total. The van der Waals surface area contributed by atoms with Gasteiger partial charge < -0.3 is 9.64 Å². The number of likely N-dealkylation sites (tertiary alicyclic amines) is 1. The highest BCUT2D eigenvalue weighted by Gasteiger charge is 2.31. The van der Waals surface area contributed by atoms with E-state index in [-0.39, 0.29) is 6.10 Å². The molecule has 0 spiro atoms. The van der Waals surface area contributed by atoms with Gasteiger partial charge in [-0.15, -0.1) is 0 Å². The number of hydrogen-bond donors (Lipinski definition) is 0. The number of thiazole rings is 1. The number of rotatable bonds is 4. The summed E-state index contributed by atoms with van der Waals surface area (Å²) in [6.07, 6.45) is 6.01. The van der Waals surface area contributed by atoms with Gasteiger partial charge in [0.2, 0.25) is 5.91 Å². The molecule has 1 saturated carbocycles. The first kappa shape index (κ1) is 11.0. The largest absolute Gasteiger partial charge is 0.465 e. The van der Waals surface area contributed by atoms with Crippen LogP contribution in [0.2, 0.25) is 0 Å². The molecular weight excluding hydrogens is 236 g/mol. The van der Waals surface area contributed by atoms with Crippen molar-refractivity contribution in [1.82, 2.24) is 9.88 Å². The number of hydrogen-bond acceptors (Lipinski definition) is 4. The third kappa shape index (κ3) is 2.77. The van der Waals surface area contributed by atoms with Crippen molar-refractivity contribution in [3.8, 4) is 5.19 Å². The van der Waals surface area contributed by atoms with Crippen molar-refractivity contribution < 1.29 is 9.53 Å². The van der Waals surface area contributed by atoms with Gasteiger partial charge in [-0.2, -0.15) is 0 Å². The summed E-state index contributed by atoms with van der Waals surface area (Å²) in [6.45, 7) is 1.56. The van der Waals surface area contributed by atoms with Crippen LogP contribution in [0.1, 0.15) is 25.7 Å². The molecule has 1 aromatic rings. The molecule has 1 atom stereocenters. The van der Waals surface area contributed by atoms with Crippen LogP contribution in [-0.2, 0) is 4.79 Å². The van der Waals surface area contributed by atoms with Gasteiger partial charge in [-0.1, -0.05) is 11.3 Å². The molecule has 0 radical (unpaired) electrons. The van der Waals surface area contributed by atoms with Gasteiger partial charge in [0, 0.05) is 31.0 Å². The Balaban J connectivity index is 1.49. The standard InChI is InChI=1S/C12H16N2O2S/c15-11(7-9-1-2-9)14-5-3-10(8-14)16-12-13-4-6-17-12/h4,6,9-10H,1-3,5,7-8H2. The molecule has 5 heteroatoms. The molecule has 2 aliphatic rings. The molecule has 2 fully saturated rings. The van der Waals surface area contributed by atoms with E-state index in [1.54, 1.807) is 6.20 Å². The average molecular weight is 252 g/mol. The van der Waals surface area contributed by atoms with E-state index in [1.807, 2.05) is 10.3 Å². The fourth-order valence-corrected chi connectivity index (χ4v) is 2.71. The van der Waals surface area contributed by atoms with E-state index in [0.717, 1.165) is 25.9 Å². The number of carbonyl (C=O) groups is 1. The Labute approximate surface area is 105 Å². The average Bonchev–Trinajstić information content (AvgIpc) is 2.84. The SMILES string of the molecule is O=C(CC1CC1)N1CCC(Oc2nccs2)C1. The lowest BCUT2D eigenvalue weighted by molar-refractivity contribution is -0.130. The smallest absolute Gasteiger partial charge is 0.273 e. The molecule has 0 aromatic carbocycles. The highest BCUT2D eigenvalue weighted by molar-refractivity contribution is 7.11. The monoisotopic (exact) mass is 252 g/mol. The normalized spacial score (nSPS) is 24.0. The summed E-state index contributed by atoms with van der Waals surface area (Å²) in [7, 11) is 0. The van der Waals surface area contributed by atoms with Crippen LogP contribution in [0, 0.1) is 5.92 Å². The minimum absolute atomic E-state index is 0.129. The zero-order chi connectivity index (χ0) is 11.7. The van der Waals surface area contributed by atoms with Crippen molar-refractivity contribution in [3.63, 3.8) is 0 Å². The van der Waals surface area contributed by atoms with E-state index in [4.69, 9.17) is 4.74 Å². The molecule has 92 valence electrons. The van der Waals surface area contributed by atoms with Gasteiger partial charge in [-0.05, 0) is 18.8 Å². The van der Waals surface area contributed by atoms with Crippen molar-refractivity contribution in [1.29, 1.82) is 0 Å². The molecule has 17 heavy (non-hydrogen) atoms. The summed E-state index contributed by atoms with van der Waals surface area (Å²) >= 11 is 1.50. The third-order valence-corrected chi connectivity index (χ3v) is 4.00.